The molecule has 0 aliphatic rings. The number of oxime groups is 2. The van der Waals surface area contributed by atoms with E-state index in [0.717, 1.165) is 24.0 Å². The Kier molecular flexibility index (Phi) is 6.18. The van der Waals surface area contributed by atoms with Crippen LogP contribution in [0.4, 0.5) is 0 Å². The molecule has 0 aliphatic carbocycles. The topological polar surface area (TPSA) is 65.2 Å². The van der Waals surface area contributed by atoms with Crippen molar-refractivity contribution in [2.45, 2.75) is 25.7 Å². The van der Waals surface area contributed by atoms with Gasteiger partial charge in [0.15, 0.2) is 0 Å². The van der Waals surface area contributed by atoms with Gasteiger partial charge < -0.3 is 10.4 Å². The number of rotatable bonds is 7. The van der Waals surface area contributed by atoms with Crippen molar-refractivity contribution >= 4 is 11.4 Å². The molecule has 0 unspecified atom stereocenters. The van der Waals surface area contributed by atoms with E-state index >= 15 is 0 Å². The summed E-state index contributed by atoms with van der Waals surface area (Å²) in [7, 11) is 0. The number of nitrogens with zero attached hydrogens (tertiary/aromatic N) is 2. The van der Waals surface area contributed by atoms with Crippen LogP contribution in [0, 0.1) is 0 Å². The molecule has 2 aromatic rings. The Balaban J connectivity index is 1.84. The molecule has 0 aromatic heterocycles. The van der Waals surface area contributed by atoms with Crippen molar-refractivity contribution in [2.75, 3.05) is 0 Å². The van der Waals surface area contributed by atoms with Gasteiger partial charge in [0.05, 0.1) is 11.4 Å². The van der Waals surface area contributed by atoms with Gasteiger partial charge in [-0.25, -0.2) is 0 Å². The minimum atomic E-state index is 0.683. The summed E-state index contributed by atoms with van der Waals surface area (Å²) in [5.41, 5.74) is 3.24. The summed E-state index contributed by atoms with van der Waals surface area (Å²) in [5, 5.41) is 25.1. The molecular formula is C18H20N2O2. The normalized spacial score (nSPS) is 12.4. The molecule has 0 radical (unpaired) electrons. The molecule has 0 aliphatic heterocycles. The molecule has 4 nitrogen and oxygen atoms in total. The van der Waals surface area contributed by atoms with Gasteiger partial charge in [-0.3, -0.25) is 0 Å². The smallest absolute Gasteiger partial charge is 0.0867 e. The van der Waals surface area contributed by atoms with Gasteiger partial charge in [-0.1, -0.05) is 71.0 Å². The van der Waals surface area contributed by atoms with E-state index in [4.69, 9.17) is 10.4 Å². The molecule has 2 rings (SSSR count). The minimum Gasteiger partial charge on any atom is -0.411 e. The lowest BCUT2D eigenvalue weighted by Gasteiger charge is -2.06. The molecule has 114 valence electrons. The lowest BCUT2D eigenvalue weighted by Crippen LogP contribution is -2.03. The molecule has 0 fully saturated rings. The molecular weight excluding hydrogens is 276 g/mol. The molecule has 0 heterocycles. The van der Waals surface area contributed by atoms with Crippen LogP contribution >= 0.6 is 0 Å². The third-order valence-electron chi connectivity index (χ3n) is 3.53. The predicted octanol–water partition coefficient (Wildman–Crippen LogP) is 4.30. The first-order valence-electron chi connectivity index (χ1n) is 7.38. The Morgan fingerprint density at radius 1 is 0.636 bits per heavy atom. The van der Waals surface area contributed by atoms with Gasteiger partial charge in [0.1, 0.15) is 0 Å². The molecule has 2 aromatic carbocycles. The van der Waals surface area contributed by atoms with Crippen molar-refractivity contribution < 1.29 is 10.4 Å². The fraction of sp³-hybridized carbons (Fsp3) is 0.222. The van der Waals surface area contributed by atoms with Gasteiger partial charge in [-0.05, 0) is 36.8 Å². The SMILES string of the molecule is O/N=C(/CCCC/C(=N\O)c1ccccc1)c1ccccc1. The second-order valence-electron chi connectivity index (χ2n) is 5.03. The summed E-state index contributed by atoms with van der Waals surface area (Å²) in [4.78, 5) is 0. The molecule has 0 saturated carbocycles. The summed E-state index contributed by atoms with van der Waals surface area (Å²) in [6.07, 6.45) is 3.10. The number of hydrogen-bond donors (Lipinski definition) is 2. The highest BCUT2D eigenvalue weighted by molar-refractivity contribution is 6.01. The molecule has 0 spiro atoms. The maximum Gasteiger partial charge on any atom is 0.0867 e. The maximum absolute atomic E-state index is 9.14. The average Bonchev–Trinajstić information content (AvgIpc) is 2.60. The van der Waals surface area contributed by atoms with Gasteiger partial charge in [-0.15, -0.1) is 0 Å². The van der Waals surface area contributed by atoms with Crippen LogP contribution in [0.15, 0.2) is 71.0 Å². The maximum atomic E-state index is 9.14. The highest BCUT2D eigenvalue weighted by atomic mass is 16.4. The quantitative estimate of drug-likeness (QED) is 0.346. The van der Waals surface area contributed by atoms with Crippen molar-refractivity contribution in [1.29, 1.82) is 0 Å². The summed E-state index contributed by atoms with van der Waals surface area (Å²) in [6.45, 7) is 0. The van der Waals surface area contributed by atoms with Crippen LogP contribution in [0.2, 0.25) is 0 Å². The lowest BCUT2D eigenvalue weighted by atomic mass is 10.0. The van der Waals surface area contributed by atoms with Crippen molar-refractivity contribution in [3.63, 3.8) is 0 Å². The van der Waals surface area contributed by atoms with Crippen LogP contribution in [-0.2, 0) is 0 Å². The largest absolute Gasteiger partial charge is 0.411 e. The molecule has 0 amide bonds. The zero-order valence-corrected chi connectivity index (χ0v) is 12.4. The average molecular weight is 296 g/mol. The Labute approximate surface area is 130 Å². The second-order valence-corrected chi connectivity index (χ2v) is 5.03. The lowest BCUT2D eigenvalue weighted by molar-refractivity contribution is 0.317. The van der Waals surface area contributed by atoms with Crippen LogP contribution in [0.1, 0.15) is 36.8 Å². The van der Waals surface area contributed by atoms with Gasteiger partial charge in [0, 0.05) is 0 Å². The summed E-state index contributed by atoms with van der Waals surface area (Å²) in [6, 6.07) is 19.3. The Morgan fingerprint density at radius 2 is 1.00 bits per heavy atom. The zero-order chi connectivity index (χ0) is 15.6. The van der Waals surface area contributed by atoms with E-state index in [-0.39, 0.29) is 0 Å². The van der Waals surface area contributed by atoms with Gasteiger partial charge in [0.25, 0.3) is 0 Å². The Morgan fingerprint density at radius 3 is 1.32 bits per heavy atom. The van der Waals surface area contributed by atoms with E-state index < -0.39 is 0 Å². The highest BCUT2D eigenvalue weighted by Gasteiger charge is 2.06. The third kappa shape index (κ3) is 4.45. The summed E-state index contributed by atoms with van der Waals surface area (Å²) >= 11 is 0. The second kappa shape index (κ2) is 8.62. The minimum absolute atomic E-state index is 0.683. The van der Waals surface area contributed by atoms with Crippen LogP contribution in [-0.4, -0.2) is 21.8 Å². The van der Waals surface area contributed by atoms with Gasteiger partial charge >= 0.3 is 0 Å². The molecule has 0 atom stereocenters. The van der Waals surface area contributed by atoms with E-state index in [1.807, 2.05) is 60.7 Å². The first kappa shape index (κ1) is 15.8. The van der Waals surface area contributed by atoms with Gasteiger partial charge in [0.2, 0.25) is 0 Å². The summed E-state index contributed by atoms with van der Waals surface area (Å²) in [5.74, 6) is 0. The van der Waals surface area contributed by atoms with Crippen molar-refractivity contribution in [3.8, 4) is 0 Å². The van der Waals surface area contributed by atoms with E-state index in [9.17, 15) is 0 Å². The van der Waals surface area contributed by atoms with Crippen LogP contribution < -0.4 is 0 Å². The monoisotopic (exact) mass is 296 g/mol. The third-order valence-corrected chi connectivity index (χ3v) is 3.53. The van der Waals surface area contributed by atoms with Crippen LogP contribution in [0.5, 0.6) is 0 Å². The summed E-state index contributed by atoms with van der Waals surface area (Å²) < 4.78 is 0. The molecule has 0 bridgehead atoms. The molecule has 4 heteroatoms. The van der Waals surface area contributed by atoms with Crippen molar-refractivity contribution in [2.24, 2.45) is 10.3 Å². The molecule has 22 heavy (non-hydrogen) atoms. The Bertz CT molecular complexity index is 565. The van der Waals surface area contributed by atoms with E-state index in [2.05, 4.69) is 10.3 Å². The zero-order valence-electron chi connectivity index (χ0n) is 12.4. The number of benzene rings is 2. The standard InChI is InChI=1S/C18H20N2O2/c21-19-17(15-9-3-1-4-10-15)13-7-8-14-18(20-22)16-11-5-2-6-12-16/h1-6,9-12,21-22H,7-8,13-14H2/b19-17-,20-18+. The van der Waals surface area contributed by atoms with Gasteiger partial charge in [-0.2, -0.15) is 0 Å². The van der Waals surface area contributed by atoms with Crippen LogP contribution in [0.25, 0.3) is 0 Å². The predicted molar refractivity (Wildman–Crippen MR) is 88.0 cm³/mol. The highest BCUT2D eigenvalue weighted by Crippen LogP contribution is 2.12. The first-order valence-corrected chi connectivity index (χ1v) is 7.38. The van der Waals surface area contributed by atoms with E-state index in [1.165, 1.54) is 0 Å². The number of unbranched alkanes of at least 4 members (excludes halogenated alkanes) is 1. The molecule has 2 N–H and O–H groups in total. The Hall–Kier alpha value is -2.62. The van der Waals surface area contributed by atoms with E-state index in [1.54, 1.807) is 0 Å². The van der Waals surface area contributed by atoms with E-state index in [0.29, 0.717) is 24.3 Å². The van der Waals surface area contributed by atoms with Crippen LogP contribution in [0.3, 0.4) is 0 Å². The first-order chi connectivity index (χ1) is 10.8. The van der Waals surface area contributed by atoms with Crippen molar-refractivity contribution in [3.05, 3.63) is 71.8 Å². The molecule has 0 saturated heterocycles. The number of hydrogen-bond acceptors (Lipinski definition) is 4. The van der Waals surface area contributed by atoms with Crippen molar-refractivity contribution in [1.82, 2.24) is 0 Å². The fourth-order valence-electron chi connectivity index (χ4n) is 2.35. The fourth-order valence-corrected chi connectivity index (χ4v) is 2.35.